The fraction of sp³-hybridized carbons (Fsp3) is 0.333. The zero-order valence-corrected chi connectivity index (χ0v) is 11.0. The monoisotopic (exact) mass is 255 g/mol. The molecule has 98 valence electrons. The number of nitrogen functional groups attached to an aromatic ring is 1. The molecule has 2 aromatic rings. The number of nitrogens with two attached hydrogens (primary N) is 1. The van der Waals surface area contributed by atoms with E-state index in [1.54, 1.807) is 7.11 Å². The summed E-state index contributed by atoms with van der Waals surface area (Å²) in [4.78, 5) is 9.12. The van der Waals surface area contributed by atoms with Crippen LogP contribution in [0.25, 0.3) is 11.4 Å². The Morgan fingerprint density at radius 3 is 2.84 bits per heavy atom. The lowest BCUT2D eigenvalue weighted by Crippen LogP contribution is -2.11. The Hall–Kier alpha value is -2.10. The highest BCUT2D eigenvalue weighted by molar-refractivity contribution is 5.61. The van der Waals surface area contributed by atoms with Crippen LogP contribution in [0.1, 0.15) is 24.1 Å². The Morgan fingerprint density at radius 2 is 2.00 bits per heavy atom. The molecule has 4 heteroatoms. The van der Waals surface area contributed by atoms with E-state index in [0.717, 1.165) is 35.4 Å². The maximum absolute atomic E-state index is 6.07. The van der Waals surface area contributed by atoms with Crippen molar-refractivity contribution >= 4 is 5.82 Å². The molecule has 0 bridgehead atoms. The van der Waals surface area contributed by atoms with Gasteiger partial charge >= 0.3 is 0 Å². The molecule has 0 amide bonds. The summed E-state index contributed by atoms with van der Waals surface area (Å²) < 4.78 is 5.23. The molecule has 4 nitrogen and oxygen atoms in total. The van der Waals surface area contributed by atoms with Crippen molar-refractivity contribution in [3.8, 4) is 17.1 Å². The highest BCUT2D eigenvalue weighted by Gasteiger charge is 2.16. The van der Waals surface area contributed by atoms with Gasteiger partial charge in [-0.15, -0.1) is 0 Å². The molecule has 1 aliphatic rings. The molecule has 2 N–H and O–H groups in total. The van der Waals surface area contributed by atoms with Gasteiger partial charge in [-0.25, -0.2) is 9.97 Å². The third kappa shape index (κ3) is 2.26. The van der Waals surface area contributed by atoms with Crippen LogP contribution < -0.4 is 10.5 Å². The summed E-state index contributed by atoms with van der Waals surface area (Å²) in [6.45, 7) is 0. The molecule has 1 aromatic carbocycles. The molecule has 1 aromatic heterocycles. The summed E-state index contributed by atoms with van der Waals surface area (Å²) in [7, 11) is 1.65. The van der Waals surface area contributed by atoms with Crippen molar-refractivity contribution in [2.75, 3.05) is 12.8 Å². The number of aryl methyl sites for hydroxylation is 1. The third-order valence-corrected chi connectivity index (χ3v) is 3.54. The highest BCUT2D eigenvalue weighted by atomic mass is 16.5. The minimum atomic E-state index is 0.627. The number of rotatable bonds is 2. The number of benzene rings is 1. The van der Waals surface area contributed by atoms with Crippen molar-refractivity contribution in [3.05, 3.63) is 35.5 Å². The van der Waals surface area contributed by atoms with Gasteiger partial charge in [0.15, 0.2) is 5.82 Å². The molecule has 0 spiro atoms. The van der Waals surface area contributed by atoms with Crippen LogP contribution in [-0.2, 0) is 12.8 Å². The molecule has 0 fully saturated rings. The largest absolute Gasteiger partial charge is 0.497 e. The van der Waals surface area contributed by atoms with E-state index in [1.165, 1.54) is 12.8 Å². The highest BCUT2D eigenvalue weighted by Crippen LogP contribution is 2.27. The summed E-state index contributed by atoms with van der Waals surface area (Å²) in [5, 5.41) is 0. The van der Waals surface area contributed by atoms with Crippen LogP contribution in [-0.4, -0.2) is 17.1 Å². The number of ether oxygens (including phenoxy) is 1. The number of fused-ring (bicyclic) bond motifs is 1. The van der Waals surface area contributed by atoms with Gasteiger partial charge in [0, 0.05) is 16.8 Å². The molecule has 0 saturated heterocycles. The third-order valence-electron chi connectivity index (χ3n) is 3.54. The second-order valence-corrected chi connectivity index (χ2v) is 4.80. The number of nitrogens with zero attached hydrogens (tertiary/aromatic N) is 2. The zero-order valence-electron chi connectivity index (χ0n) is 11.0. The normalized spacial score (nSPS) is 13.9. The summed E-state index contributed by atoms with van der Waals surface area (Å²) in [5.41, 5.74) is 9.26. The van der Waals surface area contributed by atoms with Crippen molar-refractivity contribution in [1.29, 1.82) is 0 Å². The van der Waals surface area contributed by atoms with E-state index in [9.17, 15) is 0 Å². The molecule has 0 unspecified atom stereocenters. The summed E-state index contributed by atoms with van der Waals surface area (Å²) in [5.74, 6) is 2.12. The summed E-state index contributed by atoms with van der Waals surface area (Å²) in [6.07, 6.45) is 4.36. The minimum Gasteiger partial charge on any atom is -0.497 e. The number of hydrogen-bond donors (Lipinski definition) is 1. The second kappa shape index (κ2) is 4.88. The lowest BCUT2D eigenvalue weighted by molar-refractivity contribution is 0.415. The molecule has 0 saturated carbocycles. The molecular formula is C15H17N3O. The Morgan fingerprint density at radius 1 is 1.16 bits per heavy atom. The molecule has 0 aliphatic heterocycles. The van der Waals surface area contributed by atoms with E-state index in [2.05, 4.69) is 9.97 Å². The predicted octanol–water partition coefficient (Wildman–Crippen LogP) is 2.61. The standard InChI is InChI=1S/C15H17N3O/c1-19-11-6-4-5-10(9-11)15-17-13-8-3-2-7-12(13)14(16)18-15/h4-6,9H,2-3,7-8H2,1H3,(H2,16,17,18). The van der Waals surface area contributed by atoms with Gasteiger partial charge in [0.25, 0.3) is 0 Å². The predicted molar refractivity (Wildman–Crippen MR) is 75.1 cm³/mol. The lowest BCUT2D eigenvalue weighted by Gasteiger charge is -2.17. The average Bonchev–Trinajstić information content (AvgIpc) is 2.47. The Balaban J connectivity index is 2.07. The van der Waals surface area contributed by atoms with Crippen LogP contribution in [0.2, 0.25) is 0 Å². The lowest BCUT2D eigenvalue weighted by atomic mass is 9.96. The number of methoxy groups -OCH3 is 1. The maximum Gasteiger partial charge on any atom is 0.161 e. The van der Waals surface area contributed by atoms with Crippen molar-refractivity contribution in [2.24, 2.45) is 0 Å². The molecule has 3 rings (SSSR count). The van der Waals surface area contributed by atoms with Crippen molar-refractivity contribution < 1.29 is 4.74 Å². The molecule has 19 heavy (non-hydrogen) atoms. The first-order valence-corrected chi connectivity index (χ1v) is 6.57. The van der Waals surface area contributed by atoms with E-state index in [1.807, 2.05) is 24.3 Å². The first-order chi connectivity index (χ1) is 9.28. The summed E-state index contributed by atoms with van der Waals surface area (Å²) in [6, 6.07) is 7.76. The van der Waals surface area contributed by atoms with E-state index >= 15 is 0 Å². The van der Waals surface area contributed by atoms with Crippen molar-refractivity contribution in [1.82, 2.24) is 9.97 Å². The van der Waals surface area contributed by atoms with Crippen LogP contribution in [0, 0.1) is 0 Å². The first-order valence-electron chi connectivity index (χ1n) is 6.57. The molecular weight excluding hydrogens is 238 g/mol. The average molecular weight is 255 g/mol. The van der Waals surface area contributed by atoms with Crippen LogP contribution in [0.15, 0.2) is 24.3 Å². The second-order valence-electron chi connectivity index (χ2n) is 4.80. The maximum atomic E-state index is 6.07. The van der Waals surface area contributed by atoms with Gasteiger partial charge in [0.2, 0.25) is 0 Å². The number of anilines is 1. The van der Waals surface area contributed by atoms with Crippen LogP contribution in [0.4, 0.5) is 5.82 Å². The fourth-order valence-electron chi connectivity index (χ4n) is 2.51. The number of aromatic nitrogens is 2. The topological polar surface area (TPSA) is 61.0 Å². The molecule has 1 heterocycles. The van der Waals surface area contributed by atoms with Crippen LogP contribution in [0.3, 0.4) is 0 Å². The molecule has 0 atom stereocenters. The smallest absolute Gasteiger partial charge is 0.161 e. The van der Waals surface area contributed by atoms with Gasteiger partial charge in [0.1, 0.15) is 11.6 Å². The van der Waals surface area contributed by atoms with E-state index < -0.39 is 0 Å². The SMILES string of the molecule is COc1cccc(-c2nc(N)c3c(n2)CCCC3)c1. The molecule has 1 aliphatic carbocycles. The van der Waals surface area contributed by atoms with Gasteiger partial charge in [-0.05, 0) is 37.8 Å². The van der Waals surface area contributed by atoms with E-state index in [0.29, 0.717) is 11.6 Å². The first kappa shape index (κ1) is 12.0. The fourth-order valence-corrected chi connectivity index (χ4v) is 2.51. The van der Waals surface area contributed by atoms with Crippen LogP contribution in [0.5, 0.6) is 5.75 Å². The Bertz CT molecular complexity index is 610. The molecule has 0 radical (unpaired) electrons. The van der Waals surface area contributed by atoms with Gasteiger partial charge in [-0.3, -0.25) is 0 Å². The Labute approximate surface area is 112 Å². The minimum absolute atomic E-state index is 0.627. The van der Waals surface area contributed by atoms with Gasteiger partial charge in [0.05, 0.1) is 7.11 Å². The van der Waals surface area contributed by atoms with E-state index in [-0.39, 0.29) is 0 Å². The van der Waals surface area contributed by atoms with E-state index in [4.69, 9.17) is 10.5 Å². The Kier molecular flexibility index (Phi) is 3.07. The van der Waals surface area contributed by atoms with Crippen molar-refractivity contribution in [3.63, 3.8) is 0 Å². The van der Waals surface area contributed by atoms with Gasteiger partial charge in [-0.1, -0.05) is 12.1 Å². The quantitative estimate of drug-likeness (QED) is 0.896. The van der Waals surface area contributed by atoms with Gasteiger partial charge in [-0.2, -0.15) is 0 Å². The van der Waals surface area contributed by atoms with Gasteiger partial charge < -0.3 is 10.5 Å². The number of hydrogen-bond acceptors (Lipinski definition) is 4. The zero-order chi connectivity index (χ0) is 13.2. The summed E-state index contributed by atoms with van der Waals surface area (Å²) >= 11 is 0. The van der Waals surface area contributed by atoms with Crippen LogP contribution >= 0.6 is 0 Å². The van der Waals surface area contributed by atoms with Crippen molar-refractivity contribution in [2.45, 2.75) is 25.7 Å².